The summed E-state index contributed by atoms with van der Waals surface area (Å²) >= 11 is 0. The van der Waals surface area contributed by atoms with Crippen LogP contribution in [-0.4, -0.2) is 17.2 Å². The zero-order chi connectivity index (χ0) is 10.5. The largest absolute Gasteiger partial charge is 0.351 e. The van der Waals surface area contributed by atoms with Gasteiger partial charge in [-0.2, -0.15) is 0 Å². The van der Waals surface area contributed by atoms with Gasteiger partial charge in [0, 0.05) is 5.54 Å². The number of ketones is 1. The molecular weight excluding hydrogens is 166 g/mol. The molecule has 0 atom stereocenters. The van der Waals surface area contributed by atoms with Crippen molar-refractivity contribution < 1.29 is 9.59 Å². The Morgan fingerprint density at radius 2 is 1.85 bits per heavy atom. The first-order valence-electron chi connectivity index (χ1n) is 4.68. The van der Waals surface area contributed by atoms with E-state index < -0.39 is 0 Å². The fraction of sp³-hybridized carbons (Fsp3) is 0.800. The van der Waals surface area contributed by atoms with Crippen LogP contribution in [0.2, 0.25) is 0 Å². The van der Waals surface area contributed by atoms with Crippen molar-refractivity contribution >= 4 is 11.7 Å². The minimum Gasteiger partial charge on any atom is -0.351 e. The maximum absolute atomic E-state index is 11.2. The molecule has 0 heterocycles. The van der Waals surface area contributed by atoms with Crippen molar-refractivity contribution in [2.75, 3.05) is 0 Å². The van der Waals surface area contributed by atoms with E-state index in [-0.39, 0.29) is 23.7 Å². The third kappa shape index (κ3) is 6.31. The molecule has 76 valence electrons. The van der Waals surface area contributed by atoms with Crippen molar-refractivity contribution in [1.82, 2.24) is 5.32 Å². The number of rotatable bonds is 5. The molecule has 0 fully saturated rings. The number of carbonyl (C=O) groups is 2. The van der Waals surface area contributed by atoms with E-state index in [0.717, 1.165) is 12.8 Å². The Hall–Kier alpha value is -0.860. The zero-order valence-electron chi connectivity index (χ0n) is 8.94. The van der Waals surface area contributed by atoms with E-state index in [1.165, 1.54) is 6.92 Å². The summed E-state index contributed by atoms with van der Waals surface area (Å²) in [5.41, 5.74) is -0.193. The summed E-state index contributed by atoms with van der Waals surface area (Å²) in [7, 11) is 0. The van der Waals surface area contributed by atoms with Crippen molar-refractivity contribution in [3.8, 4) is 0 Å². The van der Waals surface area contributed by atoms with Crippen molar-refractivity contribution in [2.24, 2.45) is 0 Å². The van der Waals surface area contributed by atoms with Crippen LogP contribution in [0.3, 0.4) is 0 Å². The second-order valence-electron chi connectivity index (χ2n) is 4.06. The summed E-state index contributed by atoms with van der Waals surface area (Å²) < 4.78 is 0. The molecule has 0 aliphatic carbocycles. The van der Waals surface area contributed by atoms with Crippen LogP contribution in [0, 0.1) is 0 Å². The van der Waals surface area contributed by atoms with Gasteiger partial charge in [-0.15, -0.1) is 0 Å². The highest BCUT2D eigenvalue weighted by Gasteiger charge is 2.19. The van der Waals surface area contributed by atoms with Crippen molar-refractivity contribution in [3.05, 3.63) is 0 Å². The monoisotopic (exact) mass is 185 g/mol. The molecule has 3 heteroatoms. The highest BCUT2D eigenvalue weighted by atomic mass is 16.2. The molecule has 0 bridgehead atoms. The van der Waals surface area contributed by atoms with E-state index in [1.807, 2.05) is 13.8 Å². The van der Waals surface area contributed by atoms with Crippen LogP contribution in [0.25, 0.3) is 0 Å². The van der Waals surface area contributed by atoms with Crippen LogP contribution in [0.5, 0.6) is 0 Å². The topological polar surface area (TPSA) is 46.2 Å². The lowest BCUT2D eigenvalue weighted by atomic mass is 9.99. The lowest BCUT2D eigenvalue weighted by Gasteiger charge is -2.25. The van der Waals surface area contributed by atoms with Gasteiger partial charge in [0.05, 0.1) is 6.42 Å². The molecule has 0 aliphatic rings. The fourth-order valence-electron chi connectivity index (χ4n) is 1.34. The lowest BCUT2D eigenvalue weighted by molar-refractivity contribution is -0.128. The number of carbonyl (C=O) groups excluding carboxylic acids is 2. The van der Waals surface area contributed by atoms with Gasteiger partial charge in [-0.25, -0.2) is 0 Å². The quantitative estimate of drug-likeness (QED) is 0.662. The van der Waals surface area contributed by atoms with Gasteiger partial charge in [-0.1, -0.05) is 13.3 Å². The SMILES string of the molecule is CCCC(C)(C)NC(=O)CC(C)=O. The van der Waals surface area contributed by atoms with E-state index in [2.05, 4.69) is 12.2 Å². The molecule has 0 unspecified atom stereocenters. The first-order chi connectivity index (χ1) is 5.87. The van der Waals surface area contributed by atoms with Gasteiger partial charge in [0.1, 0.15) is 5.78 Å². The second kappa shape index (κ2) is 5.00. The average molecular weight is 185 g/mol. The molecule has 0 aromatic heterocycles. The van der Waals surface area contributed by atoms with Crippen LogP contribution in [0.1, 0.15) is 47.0 Å². The van der Waals surface area contributed by atoms with Gasteiger partial charge in [-0.05, 0) is 27.2 Å². The Balaban J connectivity index is 3.96. The Bertz CT molecular complexity index is 197. The molecule has 0 spiro atoms. The maximum Gasteiger partial charge on any atom is 0.227 e. The highest BCUT2D eigenvalue weighted by molar-refractivity contribution is 5.97. The molecule has 13 heavy (non-hydrogen) atoms. The van der Waals surface area contributed by atoms with Crippen LogP contribution in [0.15, 0.2) is 0 Å². The molecule has 0 radical (unpaired) electrons. The molecule has 0 saturated heterocycles. The fourth-order valence-corrected chi connectivity index (χ4v) is 1.34. The number of hydrogen-bond donors (Lipinski definition) is 1. The lowest BCUT2D eigenvalue weighted by Crippen LogP contribution is -2.43. The number of hydrogen-bond acceptors (Lipinski definition) is 2. The van der Waals surface area contributed by atoms with E-state index in [9.17, 15) is 9.59 Å². The third-order valence-corrected chi connectivity index (χ3v) is 1.76. The first-order valence-corrected chi connectivity index (χ1v) is 4.68. The molecule has 0 aromatic carbocycles. The molecule has 0 aliphatic heterocycles. The Kier molecular flexibility index (Phi) is 4.67. The second-order valence-corrected chi connectivity index (χ2v) is 4.06. The molecular formula is C10H19NO2. The third-order valence-electron chi connectivity index (χ3n) is 1.76. The predicted octanol–water partition coefficient (Wildman–Crippen LogP) is 1.66. The molecule has 0 rings (SSSR count). The maximum atomic E-state index is 11.2. The molecule has 3 nitrogen and oxygen atoms in total. The zero-order valence-corrected chi connectivity index (χ0v) is 8.94. The Labute approximate surface area is 79.9 Å². The Morgan fingerprint density at radius 1 is 1.31 bits per heavy atom. The number of amides is 1. The van der Waals surface area contributed by atoms with Crippen LogP contribution in [-0.2, 0) is 9.59 Å². The summed E-state index contributed by atoms with van der Waals surface area (Å²) in [6.07, 6.45) is 1.94. The van der Waals surface area contributed by atoms with Crippen LogP contribution in [0.4, 0.5) is 0 Å². The van der Waals surface area contributed by atoms with Crippen molar-refractivity contribution in [2.45, 2.75) is 52.5 Å². The normalized spacial score (nSPS) is 11.1. The highest BCUT2D eigenvalue weighted by Crippen LogP contribution is 2.10. The Morgan fingerprint density at radius 3 is 2.23 bits per heavy atom. The van der Waals surface area contributed by atoms with Gasteiger partial charge >= 0.3 is 0 Å². The van der Waals surface area contributed by atoms with Gasteiger partial charge < -0.3 is 5.32 Å². The predicted molar refractivity (Wildman–Crippen MR) is 52.4 cm³/mol. The minimum atomic E-state index is -0.193. The molecule has 0 aromatic rings. The van der Waals surface area contributed by atoms with E-state index >= 15 is 0 Å². The molecule has 1 N–H and O–H groups in total. The number of Topliss-reactive ketones (excluding diaryl/α,β-unsaturated/α-hetero) is 1. The smallest absolute Gasteiger partial charge is 0.227 e. The summed E-state index contributed by atoms with van der Waals surface area (Å²) in [6.45, 7) is 7.42. The van der Waals surface area contributed by atoms with Crippen LogP contribution < -0.4 is 5.32 Å². The van der Waals surface area contributed by atoms with Crippen molar-refractivity contribution in [1.29, 1.82) is 0 Å². The first kappa shape index (κ1) is 12.1. The van der Waals surface area contributed by atoms with Gasteiger partial charge in [0.2, 0.25) is 5.91 Å². The van der Waals surface area contributed by atoms with Crippen LogP contribution >= 0.6 is 0 Å². The van der Waals surface area contributed by atoms with E-state index in [4.69, 9.17) is 0 Å². The van der Waals surface area contributed by atoms with Gasteiger partial charge in [0.15, 0.2) is 0 Å². The van der Waals surface area contributed by atoms with Crippen molar-refractivity contribution in [3.63, 3.8) is 0 Å². The average Bonchev–Trinajstić information content (AvgIpc) is 1.81. The summed E-state index contributed by atoms with van der Waals surface area (Å²) in [6, 6.07) is 0. The summed E-state index contributed by atoms with van der Waals surface area (Å²) in [5.74, 6) is -0.268. The summed E-state index contributed by atoms with van der Waals surface area (Å²) in [5, 5.41) is 2.83. The minimum absolute atomic E-state index is 0.00680. The molecule has 1 amide bonds. The van der Waals surface area contributed by atoms with Gasteiger partial charge in [-0.3, -0.25) is 9.59 Å². The van der Waals surface area contributed by atoms with E-state index in [0.29, 0.717) is 0 Å². The summed E-state index contributed by atoms with van der Waals surface area (Å²) in [4.78, 5) is 21.8. The standard InChI is InChI=1S/C10H19NO2/c1-5-6-10(3,4)11-9(13)7-8(2)12/h5-7H2,1-4H3,(H,11,13). The number of nitrogens with one attached hydrogen (secondary N) is 1. The van der Waals surface area contributed by atoms with E-state index in [1.54, 1.807) is 0 Å². The molecule has 0 saturated carbocycles. The van der Waals surface area contributed by atoms with Gasteiger partial charge in [0.25, 0.3) is 0 Å².